The summed E-state index contributed by atoms with van der Waals surface area (Å²) in [6.07, 6.45) is 5.69. The molecule has 0 fully saturated rings. The first-order valence-corrected chi connectivity index (χ1v) is 5.25. The zero-order valence-electron chi connectivity index (χ0n) is 6.97. The van der Waals surface area contributed by atoms with Crippen molar-refractivity contribution in [1.29, 1.82) is 5.26 Å². The molecule has 1 aromatic heterocycles. The lowest BCUT2D eigenvalue weighted by molar-refractivity contribution is 0.693. The maximum Gasteiger partial charge on any atom is 0.0670 e. The topological polar surface area (TPSA) is 23.8 Å². The molecule has 12 heavy (non-hydrogen) atoms. The number of aryl methyl sites for hydroxylation is 1. The number of hydrogen-bond acceptors (Lipinski definition) is 2. The van der Waals surface area contributed by atoms with E-state index in [9.17, 15) is 0 Å². The Bertz CT molecular complexity index is 319. The molecule has 0 radical (unpaired) electrons. The van der Waals surface area contributed by atoms with Crippen LogP contribution in [0.15, 0.2) is 5.38 Å². The second-order valence-electron chi connectivity index (χ2n) is 3.20. The van der Waals surface area contributed by atoms with Crippen LogP contribution >= 0.6 is 11.3 Å². The summed E-state index contributed by atoms with van der Waals surface area (Å²) in [5.74, 6) is 0. The molecule has 1 aliphatic rings. The standard InChI is InChI=1S/C10H11NS/c11-6-5-8-7-12-10-4-2-1-3-9(8)10/h7H,1-5H2. The maximum absolute atomic E-state index is 8.59. The molecule has 0 aliphatic heterocycles. The van der Waals surface area contributed by atoms with E-state index >= 15 is 0 Å². The Morgan fingerprint density at radius 2 is 2.25 bits per heavy atom. The predicted octanol–water partition coefficient (Wildman–Crippen LogP) is 2.69. The van der Waals surface area contributed by atoms with Crippen molar-refractivity contribution < 1.29 is 0 Å². The van der Waals surface area contributed by atoms with Crippen LogP contribution in [0.2, 0.25) is 0 Å². The molecule has 0 N–H and O–H groups in total. The van der Waals surface area contributed by atoms with E-state index < -0.39 is 0 Å². The van der Waals surface area contributed by atoms with Gasteiger partial charge in [-0.15, -0.1) is 11.3 Å². The molecule has 1 heterocycles. The zero-order chi connectivity index (χ0) is 8.39. The minimum atomic E-state index is 0.603. The molecule has 0 saturated carbocycles. The van der Waals surface area contributed by atoms with Gasteiger partial charge in [0.15, 0.2) is 0 Å². The summed E-state index contributed by atoms with van der Waals surface area (Å²) in [5.41, 5.74) is 2.78. The molecule has 0 aromatic carbocycles. The largest absolute Gasteiger partial charge is 0.198 e. The molecule has 1 aliphatic carbocycles. The van der Waals surface area contributed by atoms with Gasteiger partial charge in [-0.05, 0) is 42.2 Å². The molecular weight excluding hydrogens is 166 g/mol. The lowest BCUT2D eigenvalue weighted by atomic mass is 9.95. The van der Waals surface area contributed by atoms with Gasteiger partial charge in [0.05, 0.1) is 12.5 Å². The van der Waals surface area contributed by atoms with Crippen LogP contribution in [0.1, 0.15) is 28.8 Å². The number of fused-ring (bicyclic) bond motifs is 1. The van der Waals surface area contributed by atoms with Crippen molar-refractivity contribution in [3.63, 3.8) is 0 Å². The monoisotopic (exact) mass is 177 g/mol. The van der Waals surface area contributed by atoms with Crippen LogP contribution in [0.25, 0.3) is 0 Å². The quantitative estimate of drug-likeness (QED) is 0.647. The van der Waals surface area contributed by atoms with Crippen LogP contribution in [0.4, 0.5) is 0 Å². The Kier molecular flexibility index (Phi) is 2.14. The van der Waals surface area contributed by atoms with Gasteiger partial charge < -0.3 is 0 Å². The average molecular weight is 177 g/mol. The van der Waals surface area contributed by atoms with Gasteiger partial charge in [-0.3, -0.25) is 0 Å². The van der Waals surface area contributed by atoms with Gasteiger partial charge >= 0.3 is 0 Å². The highest BCUT2D eigenvalue weighted by atomic mass is 32.1. The minimum Gasteiger partial charge on any atom is -0.198 e. The fraction of sp³-hybridized carbons (Fsp3) is 0.500. The molecule has 1 aromatic rings. The SMILES string of the molecule is N#CCc1csc2c1CCCC2. The molecule has 0 unspecified atom stereocenters. The first-order chi connectivity index (χ1) is 5.92. The molecule has 0 amide bonds. The summed E-state index contributed by atoms with van der Waals surface area (Å²) < 4.78 is 0. The molecule has 0 atom stereocenters. The zero-order valence-corrected chi connectivity index (χ0v) is 7.78. The lowest BCUT2D eigenvalue weighted by Gasteiger charge is -2.11. The molecule has 1 nitrogen and oxygen atoms in total. The van der Waals surface area contributed by atoms with Crippen molar-refractivity contribution in [3.8, 4) is 6.07 Å². The number of rotatable bonds is 1. The summed E-state index contributed by atoms with van der Waals surface area (Å²) in [5, 5.41) is 10.8. The molecule has 62 valence electrons. The van der Waals surface area contributed by atoms with E-state index in [0.717, 1.165) is 0 Å². The van der Waals surface area contributed by atoms with Crippen molar-refractivity contribution in [2.24, 2.45) is 0 Å². The summed E-state index contributed by atoms with van der Waals surface area (Å²) in [7, 11) is 0. The van der Waals surface area contributed by atoms with E-state index in [0.29, 0.717) is 6.42 Å². The fourth-order valence-corrected chi connectivity index (χ4v) is 2.94. The molecule has 0 spiro atoms. The molecular formula is C10H11NS. The van der Waals surface area contributed by atoms with E-state index in [-0.39, 0.29) is 0 Å². The van der Waals surface area contributed by atoms with Crippen molar-refractivity contribution in [2.75, 3.05) is 0 Å². The number of hydrogen-bond donors (Lipinski definition) is 0. The Morgan fingerprint density at radius 1 is 1.42 bits per heavy atom. The van der Waals surface area contributed by atoms with E-state index in [1.807, 2.05) is 11.3 Å². The van der Waals surface area contributed by atoms with Crippen LogP contribution < -0.4 is 0 Å². The Labute approximate surface area is 76.6 Å². The number of thiophene rings is 1. The van der Waals surface area contributed by atoms with Crippen LogP contribution in [0, 0.1) is 11.3 Å². The summed E-state index contributed by atoms with van der Waals surface area (Å²) in [4.78, 5) is 1.53. The summed E-state index contributed by atoms with van der Waals surface area (Å²) in [6, 6.07) is 2.23. The number of nitriles is 1. The van der Waals surface area contributed by atoms with Crippen molar-refractivity contribution in [3.05, 3.63) is 21.4 Å². The molecule has 0 bridgehead atoms. The smallest absolute Gasteiger partial charge is 0.0670 e. The third-order valence-corrected chi connectivity index (χ3v) is 3.56. The van der Waals surface area contributed by atoms with E-state index in [1.54, 1.807) is 0 Å². The van der Waals surface area contributed by atoms with Gasteiger partial charge in [-0.25, -0.2) is 0 Å². The van der Waals surface area contributed by atoms with Crippen LogP contribution in [0.3, 0.4) is 0 Å². The van der Waals surface area contributed by atoms with E-state index in [4.69, 9.17) is 5.26 Å². The highest BCUT2D eigenvalue weighted by Gasteiger charge is 2.14. The lowest BCUT2D eigenvalue weighted by Crippen LogP contribution is -2.00. The third-order valence-electron chi connectivity index (χ3n) is 2.42. The van der Waals surface area contributed by atoms with E-state index in [2.05, 4.69) is 11.4 Å². The van der Waals surface area contributed by atoms with Crippen molar-refractivity contribution in [1.82, 2.24) is 0 Å². The highest BCUT2D eigenvalue weighted by Crippen LogP contribution is 2.30. The van der Waals surface area contributed by atoms with Crippen molar-refractivity contribution >= 4 is 11.3 Å². The second-order valence-corrected chi connectivity index (χ2v) is 4.17. The first-order valence-electron chi connectivity index (χ1n) is 4.37. The van der Waals surface area contributed by atoms with Gasteiger partial charge in [0.2, 0.25) is 0 Å². The van der Waals surface area contributed by atoms with Gasteiger partial charge in [0.1, 0.15) is 0 Å². The highest BCUT2D eigenvalue weighted by molar-refractivity contribution is 7.10. The predicted molar refractivity (Wildman–Crippen MR) is 50.3 cm³/mol. The van der Waals surface area contributed by atoms with Gasteiger partial charge in [-0.2, -0.15) is 5.26 Å². The fourth-order valence-electron chi connectivity index (χ4n) is 1.79. The Hall–Kier alpha value is -0.810. The molecule has 0 saturated heterocycles. The van der Waals surface area contributed by atoms with Crippen molar-refractivity contribution in [2.45, 2.75) is 32.1 Å². The minimum absolute atomic E-state index is 0.603. The second kappa shape index (κ2) is 3.28. The van der Waals surface area contributed by atoms with Gasteiger partial charge in [0, 0.05) is 4.88 Å². The third kappa shape index (κ3) is 1.25. The van der Waals surface area contributed by atoms with Gasteiger partial charge in [0.25, 0.3) is 0 Å². The van der Waals surface area contributed by atoms with E-state index in [1.165, 1.54) is 41.7 Å². The van der Waals surface area contributed by atoms with Crippen LogP contribution in [0.5, 0.6) is 0 Å². The Balaban J connectivity index is 2.33. The normalized spacial score (nSPS) is 15.2. The maximum atomic E-state index is 8.59. The van der Waals surface area contributed by atoms with Crippen LogP contribution in [-0.4, -0.2) is 0 Å². The molecule has 2 heteroatoms. The number of nitrogens with zero attached hydrogens (tertiary/aromatic N) is 1. The average Bonchev–Trinajstić information content (AvgIpc) is 2.50. The summed E-state index contributed by atoms with van der Waals surface area (Å²) >= 11 is 1.84. The summed E-state index contributed by atoms with van der Waals surface area (Å²) in [6.45, 7) is 0. The first kappa shape index (κ1) is 7.82. The Morgan fingerprint density at radius 3 is 3.08 bits per heavy atom. The molecule has 2 rings (SSSR count). The van der Waals surface area contributed by atoms with Crippen LogP contribution in [-0.2, 0) is 19.3 Å². The van der Waals surface area contributed by atoms with Gasteiger partial charge in [-0.1, -0.05) is 0 Å².